The fourth-order valence-electron chi connectivity index (χ4n) is 2.31. The molecule has 27 heavy (non-hydrogen) atoms. The van der Waals surface area contributed by atoms with E-state index in [4.69, 9.17) is 18.9 Å². The van der Waals surface area contributed by atoms with Crippen LogP contribution in [0, 0.1) is 6.92 Å². The second kappa shape index (κ2) is 9.27. The number of esters is 1. The smallest absolute Gasteiger partial charge is 0.342 e. The summed E-state index contributed by atoms with van der Waals surface area (Å²) in [7, 11) is 4.34. The topological polar surface area (TPSA) is 83.1 Å². The molecule has 2 rings (SSSR count). The van der Waals surface area contributed by atoms with Crippen LogP contribution in [-0.2, 0) is 9.53 Å². The molecule has 0 bridgehead atoms. The maximum atomic E-state index is 12.4. The van der Waals surface area contributed by atoms with Gasteiger partial charge in [-0.1, -0.05) is 6.07 Å². The summed E-state index contributed by atoms with van der Waals surface area (Å²) in [5.41, 5.74) is 1.76. The second-order valence-corrected chi connectivity index (χ2v) is 6.37. The Hall–Kier alpha value is -2.74. The third-order valence-electron chi connectivity index (χ3n) is 3.66. The summed E-state index contributed by atoms with van der Waals surface area (Å²) in [5.74, 6) is -0.177. The molecule has 1 amide bonds. The van der Waals surface area contributed by atoms with Gasteiger partial charge < -0.3 is 24.3 Å². The molecule has 8 heteroatoms. The molecule has 0 radical (unpaired) electrons. The molecule has 1 N–H and O–H groups in total. The van der Waals surface area contributed by atoms with Gasteiger partial charge in [0.2, 0.25) is 0 Å². The van der Waals surface area contributed by atoms with Crippen molar-refractivity contribution in [1.82, 2.24) is 0 Å². The minimum Gasteiger partial charge on any atom is -0.496 e. The van der Waals surface area contributed by atoms with Crippen LogP contribution in [0.5, 0.6) is 17.2 Å². The number of aryl methyl sites for hydroxylation is 1. The van der Waals surface area contributed by atoms with Crippen LogP contribution in [0.25, 0.3) is 0 Å². The van der Waals surface area contributed by atoms with Crippen molar-refractivity contribution >= 4 is 33.5 Å². The number of halogens is 1. The third-order valence-corrected chi connectivity index (χ3v) is 4.31. The average molecular weight is 438 g/mol. The Morgan fingerprint density at radius 1 is 0.963 bits per heavy atom. The number of ether oxygens (including phenoxy) is 4. The molecule has 0 atom stereocenters. The third kappa shape index (κ3) is 5.13. The van der Waals surface area contributed by atoms with Crippen LogP contribution < -0.4 is 19.5 Å². The standard InChI is InChI=1S/C19H20BrNO6/c1-11-5-6-14(13(20)7-11)21-18(22)10-27-19(23)12-8-16(25-3)17(26-4)9-15(12)24-2/h5-9H,10H2,1-4H3,(H,21,22). The number of anilines is 1. The maximum Gasteiger partial charge on any atom is 0.342 e. The van der Waals surface area contributed by atoms with E-state index in [1.54, 1.807) is 6.07 Å². The molecular formula is C19H20BrNO6. The summed E-state index contributed by atoms with van der Waals surface area (Å²) in [4.78, 5) is 24.5. The van der Waals surface area contributed by atoms with Crippen LogP contribution in [-0.4, -0.2) is 39.8 Å². The van der Waals surface area contributed by atoms with Gasteiger partial charge in [0.05, 0.1) is 27.0 Å². The van der Waals surface area contributed by atoms with E-state index in [2.05, 4.69) is 21.2 Å². The number of hydrogen-bond acceptors (Lipinski definition) is 6. The average Bonchev–Trinajstić information content (AvgIpc) is 2.67. The van der Waals surface area contributed by atoms with Crippen LogP contribution in [0.2, 0.25) is 0 Å². The van der Waals surface area contributed by atoms with Crippen molar-refractivity contribution in [3.05, 3.63) is 45.9 Å². The zero-order chi connectivity index (χ0) is 20.0. The lowest BCUT2D eigenvalue weighted by atomic mass is 10.1. The highest BCUT2D eigenvalue weighted by Gasteiger charge is 2.20. The molecule has 0 aliphatic heterocycles. The van der Waals surface area contributed by atoms with Crippen LogP contribution in [0.1, 0.15) is 15.9 Å². The van der Waals surface area contributed by atoms with E-state index in [1.807, 2.05) is 19.1 Å². The van der Waals surface area contributed by atoms with Gasteiger partial charge in [0, 0.05) is 16.6 Å². The van der Waals surface area contributed by atoms with E-state index in [-0.39, 0.29) is 11.3 Å². The second-order valence-electron chi connectivity index (χ2n) is 5.52. The molecule has 2 aromatic carbocycles. The fraction of sp³-hybridized carbons (Fsp3) is 0.263. The highest BCUT2D eigenvalue weighted by atomic mass is 79.9. The normalized spacial score (nSPS) is 10.1. The molecule has 0 saturated heterocycles. The van der Waals surface area contributed by atoms with Crippen LogP contribution in [0.3, 0.4) is 0 Å². The quantitative estimate of drug-likeness (QED) is 0.666. The van der Waals surface area contributed by atoms with Crippen molar-refractivity contribution in [2.45, 2.75) is 6.92 Å². The predicted molar refractivity (Wildman–Crippen MR) is 104 cm³/mol. The van der Waals surface area contributed by atoms with Gasteiger partial charge in [-0.25, -0.2) is 4.79 Å². The fourth-order valence-corrected chi connectivity index (χ4v) is 2.90. The van der Waals surface area contributed by atoms with Crippen LogP contribution in [0.15, 0.2) is 34.8 Å². The van der Waals surface area contributed by atoms with Gasteiger partial charge >= 0.3 is 5.97 Å². The number of carbonyl (C=O) groups is 2. The Kier molecular flexibility index (Phi) is 7.06. The molecule has 7 nitrogen and oxygen atoms in total. The summed E-state index contributed by atoms with van der Waals surface area (Å²) < 4.78 is 21.4. The molecule has 0 saturated carbocycles. The Labute approximate surface area is 165 Å². The van der Waals surface area contributed by atoms with E-state index in [0.29, 0.717) is 17.2 Å². The Morgan fingerprint density at radius 3 is 2.19 bits per heavy atom. The first kappa shape index (κ1) is 20.6. The molecule has 0 unspecified atom stereocenters. The molecule has 0 spiro atoms. The highest BCUT2D eigenvalue weighted by Crippen LogP contribution is 2.35. The summed E-state index contributed by atoms with van der Waals surface area (Å²) in [5, 5.41) is 2.67. The van der Waals surface area contributed by atoms with Crippen molar-refractivity contribution in [3.63, 3.8) is 0 Å². The molecule has 144 valence electrons. The van der Waals surface area contributed by atoms with Crippen LogP contribution >= 0.6 is 15.9 Å². The lowest BCUT2D eigenvalue weighted by molar-refractivity contribution is -0.119. The Bertz CT molecular complexity index is 852. The number of carbonyl (C=O) groups excluding carboxylic acids is 2. The minimum atomic E-state index is -0.717. The lowest BCUT2D eigenvalue weighted by Gasteiger charge is -2.13. The molecule has 2 aromatic rings. The van der Waals surface area contributed by atoms with Crippen LogP contribution in [0.4, 0.5) is 5.69 Å². The van der Waals surface area contributed by atoms with Crippen molar-refractivity contribution in [2.24, 2.45) is 0 Å². The number of benzene rings is 2. The van der Waals surface area contributed by atoms with E-state index in [1.165, 1.54) is 33.5 Å². The highest BCUT2D eigenvalue weighted by molar-refractivity contribution is 9.10. The molecule has 0 heterocycles. The molecule has 0 aliphatic rings. The molecule has 0 aromatic heterocycles. The minimum absolute atomic E-state index is 0.125. The molecule has 0 aliphatic carbocycles. The van der Waals surface area contributed by atoms with Crippen molar-refractivity contribution in [2.75, 3.05) is 33.3 Å². The van der Waals surface area contributed by atoms with Gasteiger partial charge in [-0.05, 0) is 40.5 Å². The van der Waals surface area contributed by atoms with Gasteiger partial charge in [-0.2, -0.15) is 0 Å². The first-order chi connectivity index (χ1) is 12.9. The van der Waals surface area contributed by atoms with Crippen molar-refractivity contribution in [3.8, 4) is 17.2 Å². The van der Waals surface area contributed by atoms with E-state index in [0.717, 1.165) is 10.0 Å². The SMILES string of the molecule is COc1cc(OC)c(C(=O)OCC(=O)Nc2ccc(C)cc2Br)cc1OC. The van der Waals surface area contributed by atoms with Gasteiger partial charge in [0.15, 0.2) is 18.1 Å². The number of hydrogen-bond donors (Lipinski definition) is 1. The maximum absolute atomic E-state index is 12.4. The van der Waals surface area contributed by atoms with E-state index < -0.39 is 18.5 Å². The first-order valence-electron chi connectivity index (χ1n) is 7.92. The van der Waals surface area contributed by atoms with Gasteiger partial charge in [0.25, 0.3) is 5.91 Å². The van der Waals surface area contributed by atoms with Crippen molar-refractivity contribution < 1.29 is 28.5 Å². The van der Waals surface area contributed by atoms with E-state index >= 15 is 0 Å². The number of amides is 1. The molecule has 0 fully saturated rings. The van der Waals surface area contributed by atoms with Gasteiger partial charge in [0.1, 0.15) is 11.3 Å². The zero-order valence-corrected chi connectivity index (χ0v) is 17.0. The van der Waals surface area contributed by atoms with Gasteiger partial charge in [-0.15, -0.1) is 0 Å². The largest absolute Gasteiger partial charge is 0.496 e. The summed E-state index contributed by atoms with van der Waals surface area (Å²) >= 11 is 3.38. The Morgan fingerprint density at radius 2 is 1.59 bits per heavy atom. The van der Waals surface area contributed by atoms with E-state index in [9.17, 15) is 9.59 Å². The monoisotopic (exact) mass is 437 g/mol. The Balaban J connectivity index is 2.07. The molecular weight excluding hydrogens is 418 g/mol. The van der Waals surface area contributed by atoms with Crippen molar-refractivity contribution in [1.29, 1.82) is 0 Å². The zero-order valence-electron chi connectivity index (χ0n) is 15.4. The summed E-state index contributed by atoms with van der Waals surface area (Å²) in [6.07, 6.45) is 0. The number of rotatable bonds is 7. The van der Waals surface area contributed by atoms with Gasteiger partial charge in [-0.3, -0.25) is 4.79 Å². The summed E-state index contributed by atoms with van der Waals surface area (Å²) in [6.45, 7) is 1.49. The lowest BCUT2D eigenvalue weighted by Crippen LogP contribution is -2.21. The number of methoxy groups -OCH3 is 3. The first-order valence-corrected chi connectivity index (χ1v) is 8.72. The predicted octanol–water partition coefficient (Wildman–Crippen LogP) is 3.58. The number of nitrogens with one attached hydrogen (secondary N) is 1. The summed E-state index contributed by atoms with van der Waals surface area (Å²) in [6, 6.07) is 8.45.